The zero-order valence-corrected chi connectivity index (χ0v) is 10.9. The van der Waals surface area contributed by atoms with Gasteiger partial charge in [0.25, 0.3) is 0 Å². The highest BCUT2D eigenvalue weighted by atomic mass is 32.2. The monoisotopic (exact) mass is 263 g/mol. The molecule has 17 heavy (non-hydrogen) atoms. The first-order valence-electron chi connectivity index (χ1n) is 5.15. The molecule has 0 aliphatic carbocycles. The van der Waals surface area contributed by atoms with Crippen LogP contribution < -0.4 is 0 Å². The average molecular weight is 263 g/mol. The van der Waals surface area contributed by atoms with Crippen molar-refractivity contribution in [1.82, 2.24) is 4.31 Å². The second kappa shape index (κ2) is 4.40. The summed E-state index contributed by atoms with van der Waals surface area (Å²) in [5.74, 6) is -0.638. The Labute approximate surface area is 101 Å². The van der Waals surface area contributed by atoms with Crippen molar-refractivity contribution in [3.05, 3.63) is 12.7 Å². The standard InChI is InChI=1S/C10H17NO5S/c1-5-7-8(12)6-16-17(14,15)11(7)9(13)10(2,3)4/h5,7-8,12H,1,6H2,2-4H3/t7-,8?/m0/s1. The third-order valence-corrected chi connectivity index (χ3v) is 3.70. The molecule has 0 spiro atoms. The largest absolute Gasteiger partial charge is 0.388 e. The molecule has 0 aromatic heterocycles. The van der Waals surface area contributed by atoms with Crippen LogP contribution in [0.3, 0.4) is 0 Å². The van der Waals surface area contributed by atoms with Gasteiger partial charge in [0.2, 0.25) is 5.91 Å². The summed E-state index contributed by atoms with van der Waals surface area (Å²) in [5, 5.41) is 9.63. The minimum atomic E-state index is -4.15. The minimum Gasteiger partial charge on any atom is -0.388 e. The van der Waals surface area contributed by atoms with Gasteiger partial charge in [-0.3, -0.25) is 8.98 Å². The van der Waals surface area contributed by atoms with E-state index in [0.29, 0.717) is 4.31 Å². The Morgan fingerprint density at radius 3 is 2.47 bits per heavy atom. The van der Waals surface area contributed by atoms with Gasteiger partial charge in [-0.15, -0.1) is 6.58 Å². The van der Waals surface area contributed by atoms with Crippen molar-refractivity contribution in [2.24, 2.45) is 5.41 Å². The number of hydrogen-bond donors (Lipinski definition) is 1. The van der Waals surface area contributed by atoms with E-state index in [1.54, 1.807) is 20.8 Å². The maximum Gasteiger partial charge on any atom is 0.365 e. The van der Waals surface area contributed by atoms with Crippen LogP contribution in [0, 0.1) is 5.41 Å². The van der Waals surface area contributed by atoms with E-state index >= 15 is 0 Å². The molecule has 7 heteroatoms. The van der Waals surface area contributed by atoms with Gasteiger partial charge in [0.05, 0.1) is 12.6 Å². The molecule has 1 aliphatic rings. The van der Waals surface area contributed by atoms with Crippen LogP contribution >= 0.6 is 0 Å². The van der Waals surface area contributed by atoms with Gasteiger partial charge in [-0.05, 0) is 0 Å². The molecule has 1 aliphatic heterocycles. The first-order chi connectivity index (χ1) is 7.61. The highest BCUT2D eigenvalue weighted by molar-refractivity contribution is 7.85. The van der Waals surface area contributed by atoms with Crippen LogP contribution in [0.2, 0.25) is 0 Å². The summed E-state index contributed by atoms with van der Waals surface area (Å²) >= 11 is 0. The fourth-order valence-electron chi connectivity index (χ4n) is 1.44. The van der Waals surface area contributed by atoms with Gasteiger partial charge in [0, 0.05) is 5.41 Å². The first kappa shape index (κ1) is 14.1. The molecule has 0 bridgehead atoms. The summed E-state index contributed by atoms with van der Waals surface area (Å²) < 4.78 is 28.5. The third-order valence-electron chi connectivity index (χ3n) is 2.38. The lowest BCUT2D eigenvalue weighted by Gasteiger charge is -2.38. The summed E-state index contributed by atoms with van der Waals surface area (Å²) in [7, 11) is -4.15. The number of carbonyl (C=O) groups is 1. The summed E-state index contributed by atoms with van der Waals surface area (Å²) in [6.45, 7) is 7.84. The normalized spacial score (nSPS) is 28.8. The Kier molecular flexibility index (Phi) is 3.66. The number of aliphatic hydroxyl groups excluding tert-OH is 1. The van der Waals surface area contributed by atoms with E-state index in [2.05, 4.69) is 10.8 Å². The predicted molar refractivity (Wildman–Crippen MR) is 61.2 cm³/mol. The number of rotatable bonds is 1. The van der Waals surface area contributed by atoms with Crippen LogP contribution in [0.1, 0.15) is 20.8 Å². The second-order valence-corrected chi connectivity index (χ2v) is 6.37. The van der Waals surface area contributed by atoms with Gasteiger partial charge < -0.3 is 5.11 Å². The van der Waals surface area contributed by atoms with Gasteiger partial charge in [-0.1, -0.05) is 26.8 Å². The number of amides is 1. The smallest absolute Gasteiger partial charge is 0.365 e. The molecular formula is C10H17NO5S. The predicted octanol–water partition coefficient (Wildman–Crippen LogP) is 0.0516. The number of aliphatic hydroxyl groups is 1. The Bertz CT molecular complexity index is 422. The van der Waals surface area contributed by atoms with Gasteiger partial charge in [0.1, 0.15) is 6.10 Å². The molecular weight excluding hydrogens is 246 g/mol. The number of hydrogen-bond acceptors (Lipinski definition) is 5. The summed E-state index contributed by atoms with van der Waals surface area (Å²) in [4.78, 5) is 12.1. The first-order valence-corrected chi connectivity index (χ1v) is 6.51. The van der Waals surface area contributed by atoms with Gasteiger partial charge in [-0.2, -0.15) is 8.42 Å². The fraction of sp³-hybridized carbons (Fsp3) is 0.700. The molecule has 98 valence electrons. The van der Waals surface area contributed by atoms with Crippen molar-refractivity contribution in [2.45, 2.75) is 32.9 Å². The maximum absolute atomic E-state index is 12.1. The van der Waals surface area contributed by atoms with E-state index in [9.17, 15) is 18.3 Å². The molecule has 0 aromatic carbocycles. The molecule has 1 N–H and O–H groups in total. The number of carbonyl (C=O) groups excluding carboxylic acids is 1. The molecule has 1 fully saturated rings. The maximum atomic E-state index is 12.1. The summed E-state index contributed by atoms with van der Waals surface area (Å²) in [6, 6.07) is -0.986. The van der Waals surface area contributed by atoms with E-state index in [-0.39, 0.29) is 6.61 Å². The SMILES string of the molecule is C=C[C@H]1C(O)COS(=O)(=O)N1C(=O)C(C)(C)C. The van der Waals surface area contributed by atoms with Crippen molar-refractivity contribution in [3.8, 4) is 0 Å². The van der Waals surface area contributed by atoms with Crippen molar-refractivity contribution in [1.29, 1.82) is 0 Å². The van der Waals surface area contributed by atoms with Gasteiger partial charge in [0.15, 0.2) is 0 Å². The second-order valence-electron chi connectivity index (χ2n) is 4.89. The molecule has 1 saturated heterocycles. The van der Waals surface area contributed by atoms with Crippen molar-refractivity contribution >= 4 is 16.2 Å². The molecule has 0 radical (unpaired) electrons. The van der Waals surface area contributed by atoms with E-state index in [1.807, 2.05) is 0 Å². The zero-order chi connectivity index (χ0) is 13.4. The Morgan fingerprint density at radius 2 is 2.06 bits per heavy atom. The Hall–Kier alpha value is -0.920. The van der Waals surface area contributed by atoms with Crippen LogP contribution in [-0.2, 0) is 19.3 Å². The van der Waals surface area contributed by atoms with Crippen LogP contribution in [-0.4, -0.2) is 42.5 Å². The fourth-order valence-corrected chi connectivity index (χ4v) is 2.86. The molecule has 6 nitrogen and oxygen atoms in total. The quantitative estimate of drug-likeness (QED) is 0.676. The van der Waals surface area contributed by atoms with E-state index in [0.717, 1.165) is 0 Å². The van der Waals surface area contributed by atoms with E-state index in [4.69, 9.17) is 0 Å². The summed E-state index contributed by atoms with van der Waals surface area (Å²) in [5.41, 5.74) is -0.894. The van der Waals surface area contributed by atoms with Crippen LogP contribution in [0.15, 0.2) is 12.7 Å². The molecule has 1 unspecified atom stereocenters. The van der Waals surface area contributed by atoms with Crippen LogP contribution in [0.4, 0.5) is 0 Å². The molecule has 1 rings (SSSR count). The van der Waals surface area contributed by atoms with Crippen LogP contribution in [0.25, 0.3) is 0 Å². The zero-order valence-electron chi connectivity index (χ0n) is 10.1. The minimum absolute atomic E-state index is 0.368. The highest BCUT2D eigenvalue weighted by Gasteiger charge is 2.45. The van der Waals surface area contributed by atoms with E-state index in [1.165, 1.54) is 6.08 Å². The van der Waals surface area contributed by atoms with Gasteiger partial charge >= 0.3 is 10.3 Å². The van der Waals surface area contributed by atoms with Gasteiger partial charge in [-0.25, -0.2) is 4.31 Å². The molecule has 0 aromatic rings. The van der Waals surface area contributed by atoms with Crippen LogP contribution in [0.5, 0.6) is 0 Å². The lowest BCUT2D eigenvalue weighted by Crippen LogP contribution is -2.58. The van der Waals surface area contributed by atoms with Crippen molar-refractivity contribution in [2.75, 3.05) is 6.61 Å². The molecule has 1 amide bonds. The van der Waals surface area contributed by atoms with Crippen molar-refractivity contribution in [3.63, 3.8) is 0 Å². The average Bonchev–Trinajstić information content (AvgIpc) is 2.18. The molecule has 2 atom stereocenters. The lowest BCUT2D eigenvalue weighted by molar-refractivity contribution is -0.139. The third kappa shape index (κ3) is 2.67. The van der Waals surface area contributed by atoms with Crippen molar-refractivity contribution < 1.29 is 22.5 Å². The molecule has 1 heterocycles. The lowest BCUT2D eigenvalue weighted by atomic mass is 9.94. The van der Waals surface area contributed by atoms with E-state index < -0.39 is 33.8 Å². The molecule has 0 saturated carbocycles. The topological polar surface area (TPSA) is 83.9 Å². The Morgan fingerprint density at radius 1 is 1.53 bits per heavy atom. The highest BCUT2D eigenvalue weighted by Crippen LogP contribution is 2.27. The Balaban J connectivity index is 3.22. The number of nitrogens with zero attached hydrogens (tertiary/aromatic N) is 1. The summed E-state index contributed by atoms with van der Waals surface area (Å²) in [6.07, 6.45) is 0.135.